The van der Waals surface area contributed by atoms with Gasteiger partial charge in [0.1, 0.15) is 0 Å². The summed E-state index contributed by atoms with van der Waals surface area (Å²) in [5, 5.41) is 0. The van der Waals surface area contributed by atoms with Gasteiger partial charge in [-0.2, -0.15) is 0 Å². The first-order valence-electron chi connectivity index (χ1n) is 5.54. The summed E-state index contributed by atoms with van der Waals surface area (Å²) in [6, 6.07) is 2.78. The third-order valence-electron chi connectivity index (χ3n) is 3.16. The van der Waals surface area contributed by atoms with E-state index in [9.17, 15) is 0 Å². The Labute approximate surface area is 99.8 Å². The van der Waals surface area contributed by atoms with Gasteiger partial charge in [0, 0.05) is 23.3 Å². The Morgan fingerprint density at radius 1 is 1.40 bits per heavy atom. The van der Waals surface area contributed by atoms with E-state index in [0.29, 0.717) is 6.04 Å². The molecule has 0 aromatic carbocycles. The molecular weight excluding hydrogens is 252 g/mol. The lowest BCUT2D eigenvalue weighted by Gasteiger charge is -2.38. The molecule has 82 valence electrons. The van der Waals surface area contributed by atoms with Crippen molar-refractivity contribution in [1.82, 2.24) is 4.98 Å². The van der Waals surface area contributed by atoms with Gasteiger partial charge in [0.05, 0.1) is 11.9 Å². The summed E-state index contributed by atoms with van der Waals surface area (Å²) in [6.45, 7) is 5.80. The first-order chi connectivity index (χ1) is 7.16. The Bertz CT molecular complexity index is 340. The molecule has 1 saturated heterocycles. The molecule has 0 spiro atoms. The van der Waals surface area contributed by atoms with E-state index in [2.05, 4.69) is 45.7 Å². The lowest BCUT2D eigenvalue weighted by Crippen LogP contribution is -2.40. The highest BCUT2D eigenvalue weighted by Crippen LogP contribution is 2.28. The molecule has 2 nitrogen and oxygen atoms in total. The van der Waals surface area contributed by atoms with Crippen LogP contribution in [-0.2, 0) is 0 Å². The molecule has 1 aromatic rings. The van der Waals surface area contributed by atoms with Gasteiger partial charge in [0.2, 0.25) is 0 Å². The van der Waals surface area contributed by atoms with Gasteiger partial charge in [-0.05, 0) is 47.7 Å². The van der Waals surface area contributed by atoms with Crippen molar-refractivity contribution in [3.63, 3.8) is 0 Å². The van der Waals surface area contributed by atoms with Gasteiger partial charge in [0.15, 0.2) is 0 Å². The minimum Gasteiger partial charge on any atom is -0.368 e. The molecular formula is C12H17BrN2. The first-order valence-corrected chi connectivity index (χ1v) is 6.33. The summed E-state index contributed by atoms with van der Waals surface area (Å²) in [7, 11) is 0. The molecule has 2 rings (SSSR count). The average molecular weight is 269 g/mol. The number of anilines is 1. The number of aromatic nitrogens is 1. The fraction of sp³-hybridized carbons (Fsp3) is 0.583. The summed E-state index contributed by atoms with van der Waals surface area (Å²) in [5.41, 5.74) is 1.24. The SMILES string of the molecule is CC1CCN(c2cncc(Br)c2)C(C)C1. The Morgan fingerprint density at radius 2 is 2.20 bits per heavy atom. The van der Waals surface area contributed by atoms with Crippen LogP contribution in [0.1, 0.15) is 26.7 Å². The number of halogens is 1. The van der Waals surface area contributed by atoms with E-state index in [4.69, 9.17) is 0 Å². The standard InChI is InChI=1S/C12H17BrN2/c1-9-3-4-15(10(2)5-9)12-6-11(13)7-14-8-12/h6-10H,3-5H2,1-2H3. The van der Waals surface area contributed by atoms with Crippen molar-refractivity contribution in [2.75, 3.05) is 11.4 Å². The van der Waals surface area contributed by atoms with E-state index < -0.39 is 0 Å². The van der Waals surface area contributed by atoms with Gasteiger partial charge >= 0.3 is 0 Å². The lowest BCUT2D eigenvalue weighted by molar-refractivity contribution is 0.377. The van der Waals surface area contributed by atoms with Crippen LogP contribution in [0.15, 0.2) is 22.9 Å². The van der Waals surface area contributed by atoms with Crippen LogP contribution in [0, 0.1) is 5.92 Å². The van der Waals surface area contributed by atoms with Gasteiger partial charge in [0.25, 0.3) is 0 Å². The molecule has 0 saturated carbocycles. The van der Waals surface area contributed by atoms with Gasteiger partial charge in [-0.1, -0.05) is 6.92 Å². The number of pyridine rings is 1. The minimum atomic E-state index is 0.629. The molecule has 1 aliphatic rings. The van der Waals surface area contributed by atoms with Crippen LogP contribution in [0.5, 0.6) is 0 Å². The molecule has 1 fully saturated rings. The van der Waals surface area contributed by atoms with Crippen molar-refractivity contribution in [3.8, 4) is 0 Å². The fourth-order valence-corrected chi connectivity index (χ4v) is 2.70. The second-order valence-corrected chi connectivity index (χ2v) is 5.45. The van der Waals surface area contributed by atoms with Crippen molar-refractivity contribution in [1.29, 1.82) is 0 Å². The number of hydrogen-bond donors (Lipinski definition) is 0. The third-order valence-corrected chi connectivity index (χ3v) is 3.59. The number of nitrogens with zero attached hydrogens (tertiary/aromatic N) is 2. The summed E-state index contributed by atoms with van der Waals surface area (Å²) in [6.07, 6.45) is 6.36. The van der Waals surface area contributed by atoms with Crippen LogP contribution in [0.2, 0.25) is 0 Å². The maximum atomic E-state index is 4.22. The number of rotatable bonds is 1. The maximum Gasteiger partial charge on any atom is 0.0566 e. The maximum absolute atomic E-state index is 4.22. The lowest BCUT2D eigenvalue weighted by atomic mass is 9.93. The van der Waals surface area contributed by atoms with E-state index >= 15 is 0 Å². The van der Waals surface area contributed by atoms with Crippen molar-refractivity contribution in [2.24, 2.45) is 5.92 Å². The zero-order valence-corrected chi connectivity index (χ0v) is 10.9. The van der Waals surface area contributed by atoms with Crippen molar-refractivity contribution < 1.29 is 0 Å². The van der Waals surface area contributed by atoms with E-state index in [1.165, 1.54) is 18.5 Å². The molecule has 0 bridgehead atoms. The van der Waals surface area contributed by atoms with Crippen LogP contribution in [0.3, 0.4) is 0 Å². The molecule has 2 unspecified atom stereocenters. The van der Waals surface area contributed by atoms with E-state index in [1.54, 1.807) is 0 Å². The summed E-state index contributed by atoms with van der Waals surface area (Å²) in [5.74, 6) is 0.858. The highest BCUT2D eigenvalue weighted by atomic mass is 79.9. The van der Waals surface area contributed by atoms with Crippen molar-refractivity contribution >= 4 is 21.6 Å². The molecule has 1 aromatic heterocycles. The molecule has 0 radical (unpaired) electrons. The minimum absolute atomic E-state index is 0.629. The average Bonchev–Trinajstić information content (AvgIpc) is 2.17. The highest BCUT2D eigenvalue weighted by Gasteiger charge is 2.23. The summed E-state index contributed by atoms with van der Waals surface area (Å²) in [4.78, 5) is 6.68. The fourth-order valence-electron chi connectivity index (χ4n) is 2.35. The highest BCUT2D eigenvalue weighted by molar-refractivity contribution is 9.10. The van der Waals surface area contributed by atoms with Crippen LogP contribution in [-0.4, -0.2) is 17.6 Å². The van der Waals surface area contributed by atoms with Crippen molar-refractivity contribution in [3.05, 3.63) is 22.9 Å². The van der Waals surface area contributed by atoms with Crippen LogP contribution in [0.4, 0.5) is 5.69 Å². The molecule has 2 heterocycles. The zero-order chi connectivity index (χ0) is 10.8. The number of piperidine rings is 1. The molecule has 0 amide bonds. The quantitative estimate of drug-likeness (QED) is 0.776. The summed E-state index contributed by atoms with van der Waals surface area (Å²) < 4.78 is 1.06. The number of hydrogen-bond acceptors (Lipinski definition) is 2. The molecule has 1 aliphatic heterocycles. The molecule has 0 aliphatic carbocycles. The normalized spacial score (nSPS) is 26.7. The van der Waals surface area contributed by atoms with Crippen molar-refractivity contribution in [2.45, 2.75) is 32.7 Å². The third kappa shape index (κ3) is 2.51. The second kappa shape index (κ2) is 4.52. The zero-order valence-electron chi connectivity index (χ0n) is 9.28. The van der Waals surface area contributed by atoms with E-state index in [1.807, 2.05) is 12.4 Å². The molecule has 3 heteroatoms. The monoisotopic (exact) mass is 268 g/mol. The predicted octanol–water partition coefficient (Wildman–Crippen LogP) is 3.47. The van der Waals surface area contributed by atoms with Gasteiger partial charge in [-0.25, -0.2) is 0 Å². The second-order valence-electron chi connectivity index (χ2n) is 4.53. The van der Waals surface area contributed by atoms with Crippen LogP contribution >= 0.6 is 15.9 Å². The van der Waals surface area contributed by atoms with E-state index in [0.717, 1.165) is 16.9 Å². The predicted molar refractivity (Wildman–Crippen MR) is 67.1 cm³/mol. The Hall–Kier alpha value is -0.570. The van der Waals surface area contributed by atoms with Gasteiger partial charge < -0.3 is 4.90 Å². The largest absolute Gasteiger partial charge is 0.368 e. The van der Waals surface area contributed by atoms with E-state index in [-0.39, 0.29) is 0 Å². The Morgan fingerprint density at radius 3 is 2.87 bits per heavy atom. The van der Waals surface area contributed by atoms with Gasteiger partial charge in [-0.3, -0.25) is 4.98 Å². The molecule has 2 atom stereocenters. The Kier molecular flexibility index (Phi) is 3.29. The summed E-state index contributed by atoms with van der Waals surface area (Å²) >= 11 is 3.47. The molecule has 0 N–H and O–H groups in total. The molecule has 15 heavy (non-hydrogen) atoms. The Balaban J connectivity index is 2.17. The first kappa shape index (κ1) is 10.9. The van der Waals surface area contributed by atoms with Gasteiger partial charge in [-0.15, -0.1) is 0 Å². The topological polar surface area (TPSA) is 16.1 Å². The van der Waals surface area contributed by atoms with Crippen LogP contribution in [0.25, 0.3) is 0 Å². The smallest absolute Gasteiger partial charge is 0.0566 e. The van der Waals surface area contributed by atoms with Crippen LogP contribution < -0.4 is 4.90 Å².